The van der Waals surface area contributed by atoms with Gasteiger partial charge in [0.05, 0.1) is 6.20 Å². The van der Waals surface area contributed by atoms with Gasteiger partial charge in [0.1, 0.15) is 0 Å². The minimum Gasteiger partial charge on any atom is -0.327 e. The van der Waals surface area contributed by atoms with Crippen LogP contribution in [-0.4, -0.2) is 15.8 Å². The molecule has 0 aliphatic heterocycles. The predicted molar refractivity (Wildman–Crippen MR) is 59.0 cm³/mol. The first-order valence-electron chi connectivity index (χ1n) is 5.45. The molecule has 0 aliphatic carbocycles. The highest BCUT2D eigenvalue weighted by Crippen LogP contribution is 2.07. The lowest BCUT2D eigenvalue weighted by atomic mass is 10.0. The van der Waals surface area contributed by atoms with Gasteiger partial charge in [0.15, 0.2) is 0 Å². The van der Waals surface area contributed by atoms with Crippen LogP contribution in [0, 0.1) is 0 Å². The van der Waals surface area contributed by atoms with Crippen LogP contribution in [0.2, 0.25) is 0 Å². The fourth-order valence-corrected chi connectivity index (χ4v) is 1.64. The number of rotatable bonds is 6. The molecule has 1 heterocycles. The number of hydrogen-bond donors (Lipinski definition) is 1. The summed E-state index contributed by atoms with van der Waals surface area (Å²) in [4.78, 5) is 0. The number of aromatic nitrogens is 2. The highest BCUT2D eigenvalue weighted by molar-refractivity contribution is 5.05. The van der Waals surface area contributed by atoms with Crippen molar-refractivity contribution in [3.63, 3.8) is 0 Å². The number of aryl methyl sites for hydroxylation is 1. The smallest absolute Gasteiger partial charge is 0.0522 e. The van der Waals surface area contributed by atoms with Gasteiger partial charge in [0, 0.05) is 19.3 Å². The summed E-state index contributed by atoms with van der Waals surface area (Å²) in [6.07, 6.45) is 9.83. The average molecular weight is 195 g/mol. The highest BCUT2D eigenvalue weighted by Gasteiger charge is 2.04. The average Bonchev–Trinajstić information content (AvgIpc) is 2.52. The number of nitrogens with zero attached hydrogens (tertiary/aromatic N) is 2. The number of hydrogen-bond acceptors (Lipinski definition) is 2. The standard InChI is InChI=1S/C11H21N3/c1-3-4-5-6-11(12)7-10-8-13-14(2)9-10/h8-9,11H,3-7,12H2,1-2H3. The van der Waals surface area contributed by atoms with E-state index in [1.165, 1.54) is 24.8 Å². The summed E-state index contributed by atoms with van der Waals surface area (Å²) < 4.78 is 1.83. The minimum atomic E-state index is 0.297. The van der Waals surface area contributed by atoms with E-state index in [2.05, 4.69) is 12.0 Å². The van der Waals surface area contributed by atoms with Crippen LogP contribution >= 0.6 is 0 Å². The van der Waals surface area contributed by atoms with Crippen LogP contribution in [0.15, 0.2) is 12.4 Å². The van der Waals surface area contributed by atoms with Crippen molar-refractivity contribution in [3.05, 3.63) is 18.0 Å². The van der Waals surface area contributed by atoms with Gasteiger partial charge in [-0.3, -0.25) is 4.68 Å². The molecule has 14 heavy (non-hydrogen) atoms. The summed E-state index contributed by atoms with van der Waals surface area (Å²) in [5, 5.41) is 4.13. The second-order valence-corrected chi connectivity index (χ2v) is 3.98. The molecule has 0 saturated carbocycles. The van der Waals surface area contributed by atoms with Crippen molar-refractivity contribution >= 4 is 0 Å². The molecule has 1 unspecified atom stereocenters. The summed E-state index contributed by atoms with van der Waals surface area (Å²) in [7, 11) is 1.94. The second kappa shape index (κ2) is 5.81. The zero-order valence-corrected chi connectivity index (χ0v) is 9.24. The highest BCUT2D eigenvalue weighted by atomic mass is 15.2. The Morgan fingerprint density at radius 1 is 1.50 bits per heavy atom. The first-order chi connectivity index (χ1) is 6.72. The first kappa shape index (κ1) is 11.2. The zero-order valence-electron chi connectivity index (χ0n) is 9.24. The van der Waals surface area contributed by atoms with Crippen molar-refractivity contribution in [2.45, 2.75) is 45.1 Å². The third kappa shape index (κ3) is 3.92. The van der Waals surface area contributed by atoms with Crippen molar-refractivity contribution in [2.24, 2.45) is 12.8 Å². The van der Waals surface area contributed by atoms with E-state index in [0.29, 0.717) is 6.04 Å². The molecule has 3 heteroatoms. The van der Waals surface area contributed by atoms with Gasteiger partial charge in [0.2, 0.25) is 0 Å². The van der Waals surface area contributed by atoms with Crippen molar-refractivity contribution in [1.82, 2.24) is 9.78 Å². The van der Waals surface area contributed by atoms with Crippen molar-refractivity contribution < 1.29 is 0 Å². The fraction of sp³-hybridized carbons (Fsp3) is 0.727. The quantitative estimate of drug-likeness (QED) is 0.704. The van der Waals surface area contributed by atoms with Crippen LogP contribution in [0.1, 0.15) is 38.2 Å². The van der Waals surface area contributed by atoms with Gasteiger partial charge in [-0.05, 0) is 18.4 Å². The Morgan fingerprint density at radius 2 is 2.29 bits per heavy atom. The third-order valence-corrected chi connectivity index (χ3v) is 2.43. The Balaban J connectivity index is 2.23. The third-order valence-electron chi connectivity index (χ3n) is 2.43. The minimum absolute atomic E-state index is 0.297. The normalized spacial score (nSPS) is 13.1. The molecular formula is C11H21N3. The molecule has 0 bridgehead atoms. The molecule has 1 rings (SSSR count). The summed E-state index contributed by atoms with van der Waals surface area (Å²) in [6.45, 7) is 2.21. The van der Waals surface area contributed by atoms with Gasteiger partial charge in [-0.2, -0.15) is 5.10 Å². The van der Waals surface area contributed by atoms with E-state index in [0.717, 1.165) is 12.8 Å². The SMILES string of the molecule is CCCCCC(N)Cc1cnn(C)c1. The van der Waals surface area contributed by atoms with Crippen LogP contribution in [0.3, 0.4) is 0 Å². The van der Waals surface area contributed by atoms with E-state index >= 15 is 0 Å². The molecule has 0 radical (unpaired) electrons. The molecule has 3 nitrogen and oxygen atoms in total. The van der Waals surface area contributed by atoms with E-state index in [4.69, 9.17) is 5.73 Å². The molecule has 1 atom stereocenters. The van der Waals surface area contributed by atoms with E-state index in [9.17, 15) is 0 Å². The summed E-state index contributed by atoms with van der Waals surface area (Å²) in [6, 6.07) is 0.297. The monoisotopic (exact) mass is 195 g/mol. The Morgan fingerprint density at radius 3 is 2.86 bits per heavy atom. The molecule has 0 aliphatic rings. The van der Waals surface area contributed by atoms with Gasteiger partial charge in [-0.15, -0.1) is 0 Å². The zero-order chi connectivity index (χ0) is 10.4. The molecule has 80 valence electrons. The van der Waals surface area contributed by atoms with E-state index < -0.39 is 0 Å². The van der Waals surface area contributed by atoms with E-state index in [1.54, 1.807) is 0 Å². The van der Waals surface area contributed by atoms with E-state index in [1.807, 2.05) is 24.1 Å². The van der Waals surface area contributed by atoms with Crippen LogP contribution in [0.25, 0.3) is 0 Å². The largest absolute Gasteiger partial charge is 0.327 e. The maximum atomic E-state index is 6.02. The van der Waals surface area contributed by atoms with Gasteiger partial charge in [0.25, 0.3) is 0 Å². The molecule has 0 aromatic carbocycles. The van der Waals surface area contributed by atoms with Gasteiger partial charge >= 0.3 is 0 Å². The Labute approximate surface area is 86.3 Å². The lowest BCUT2D eigenvalue weighted by Gasteiger charge is -2.09. The molecular weight excluding hydrogens is 174 g/mol. The van der Waals surface area contributed by atoms with Crippen LogP contribution in [0.4, 0.5) is 0 Å². The van der Waals surface area contributed by atoms with Crippen LogP contribution < -0.4 is 5.73 Å². The Kier molecular flexibility index (Phi) is 4.66. The molecule has 0 fully saturated rings. The molecule has 2 N–H and O–H groups in total. The topological polar surface area (TPSA) is 43.8 Å². The maximum absolute atomic E-state index is 6.02. The first-order valence-corrected chi connectivity index (χ1v) is 5.45. The summed E-state index contributed by atoms with van der Waals surface area (Å²) in [5.74, 6) is 0. The predicted octanol–water partition coefficient (Wildman–Crippen LogP) is 1.87. The molecule has 0 spiro atoms. The van der Waals surface area contributed by atoms with Crippen molar-refractivity contribution in [1.29, 1.82) is 0 Å². The second-order valence-electron chi connectivity index (χ2n) is 3.98. The maximum Gasteiger partial charge on any atom is 0.0522 e. The molecule has 1 aromatic rings. The van der Waals surface area contributed by atoms with Crippen molar-refractivity contribution in [2.75, 3.05) is 0 Å². The van der Waals surface area contributed by atoms with E-state index in [-0.39, 0.29) is 0 Å². The van der Waals surface area contributed by atoms with Gasteiger partial charge < -0.3 is 5.73 Å². The Hall–Kier alpha value is -0.830. The lowest BCUT2D eigenvalue weighted by Crippen LogP contribution is -2.22. The molecule has 0 amide bonds. The number of nitrogens with two attached hydrogens (primary N) is 1. The fourth-order valence-electron chi connectivity index (χ4n) is 1.64. The van der Waals surface area contributed by atoms with Crippen molar-refractivity contribution in [3.8, 4) is 0 Å². The lowest BCUT2D eigenvalue weighted by molar-refractivity contribution is 0.557. The van der Waals surface area contributed by atoms with Crippen LogP contribution in [-0.2, 0) is 13.5 Å². The van der Waals surface area contributed by atoms with Gasteiger partial charge in [-0.1, -0.05) is 26.2 Å². The molecule has 0 saturated heterocycles. The Bertz CT molecular complexity index is 255. The molecule has 1 aromatic heterocycles. The summed E-state index contributed by atoms with van der Waals surface area (Å²) >= 11 is 0. The van der Waals surface area contributed by atoms with Gasteiger partial charge in [-0.25, -0.2) is 0 Å². The summed E-state index contributed by atoms with van der Waals surface area (Å²) in [5.41, 5.74) is 7.27. The number of unbranched alkanes of at least 4 members (excludes halogenated alkanes) is 2. The van der Waals surface area contributed by atoms with Crippen LogP contribution in [0.5, 0.6) is 0 Å².